The second-order valence-electron chi connectivity index (χ2n) is 9.41. The van der Waals surface area contributed by atoms with Crippen LogP contribution in [0.4, 0.5) is 0 Å². The Morgan fingerprint density at radius 1 is 0.594 bits per heavy atom. The molecule has 0 fully saturated rings. The summed E-state index contributed by atoms with van der Waals surface area (Å²) >= 11 is 0. The summed E-state index contributed by atoms with van der Waals surface area (Å²) < 4.78 is 2.47. The number of hydrogen-bond acceptors (Lipinski definition) is 0. The quantitative estimate of drug-likeness (QED) is 0.258. The van der Waals surface area contributed by atoms with Gasteiger partial charge < -0.3 is 4.57 Å². The van der Waals surface area contributed by atoms with Gasteiger partial charge in [-0.05, 0) is 51.2 Å². The predicted octanol–water partition coefficient (Wildman–Crippen LogP) is 8.24. The molecule has 1 aliphatic carbocycles. The maximum absolute atomic E-state index is 2.47. The maximum Gasteiger partial charge on any atom is 0.0588 e. The molecule has 152 valence electrons. The standard InChI is InChI=1S/C31H23N/c1-31(2)26-19-16-20-10-6-7-13-22(20)28(26)25-18-17-24-23-14-8-9-15-27(23)32(30(24)29(25)31)21-11-4-3-5-12-21/h3-19H,1-2H3. The molecule has 1 heterocycles. The van der Waals surface area contributed by atoms with Crippen molar-refractivity contribution in [2.24, 2.45) is 0 Å². The van der Waals surface area contributed by atoms with Crippen molar-refractivity contribution in [1.29, 1.82) is 0 Å². The molecule has 7 rings (SSSR count). The average molecular weight is 410 g/mol. The first-order valence-corrected chi connectivity index (χ1v) is 11.3. The number of nitrogens with zero attached hydrogens (tertiary/aromatic N) is 1. The van der Waals surface area contributed by atoms with E-state index in [-0.39, 0.29) is 5.41 Å². The number of benzene rings is 5. The summed E-state index contributed by atoms with van der Waals surface area (Å²) in [5.41, 5.74) is 9.34. The molecule has 6 aromatic rings. The summed E-state index contributed by atoms with van der Waals surface area (Å²) in [6.45, 7) is 4.78. The molecule has 0 atom stereocenters. The molecular formula is C31H23N. The Morgan fingerprint density at radius 2 is 1.31 bits per heavy atom. The third-order valence-corrected chi connectivity index (χ3v) is 7.35. The van der Waals surface area contributed by atoms with Gasteiger partial charge in [0.05, 0.1) is 11.0 Å². The van der Waals surface area contributed by atoms with Crippen molar-refractivity contribution in [1.82, 2.24) is 4.57 Å². The first kappa shape index (κ1) is 17.8. The van der Waals surface area contributed by atoms with E-state index >= 15 is 0 Å². The predicted molar refractivity (Wildman–Crippen MR) is 136 cm³/mol. The zero-order chi connectivity index (χ0) is 21.4. The fourth-order valence-electron chi connectivity index (χ4n) is 5.96. The SMILES string of the molecule is CC1(C)c2ccc3ccccc3c2-c2ccc3c4ccccc4n(-c4ccccc4)c3c21. The van der Waals surface area contributed by atoms with Gasteiger partial charge in [-0.25, -0.2) is 0 Å². The van der Waals surface area contributed by atoms with Crippen LogP contribution in [-0.2, 0) is 5.41 Å². The molecule has 0 unspecified atom stereocenters. The largest absolute Gasteiger partial charge is 0.309 e. The fourth-order valence-corrected chi connectivity index (χ4v) is 5.96. The molecule has 1 nitrogen and oxygen atoms in total. The van der Waals surface area contributed by atoms with Crippen molar-refractivity contribution >= 4 is 32.6 Å². The van der Waals surface area contributed by atoms with Crippen molar-refractivity contribution in [3.63, 3.8) is 0 Å². The lowest BCUT2D eigenvalue weighted by atomic mass is 9.81. The van der Waals surface area contributed by atoms with Gasteiger partial charge in [-0.15, -0.1) is 0 Å². The Morgan fingerprint density at radius 3 is 2.16 bits per heavy atom. The molecule has 0 radical (unpaired) electrons. The van der Waals surface area contributed by atoms with E-state index in [1.165, 1.54) is 60.5 Å². The summed E-state index contributed by atoms with van der Waals surface area (Å²) in [6.07, 6.45) is 0. The number of fused-ring (bicyclic) bond motifs is 9. The zero-order valence-corrected chi connectivity index (χ0v) is 18.3. The average Bonchev–Trinajstić information content (AvgIpc) is 3.29. The highest BCUT2D eigenvalue weighted by Crippen LogP contribution is 2.54. The maximum atomic E-state index is 2.47. The van der Waals surface area contributed by atoms with Crippen LogP contribution in [0.25, 0.3) is 49.4 Å². The molecule has 0 bridgehead atoms. The lowest BCUT2D eigenvalue weighted by Crippen LogP contribution is -2.16. The summed E-state index contributed by atoms with van der Waals surface area (Å²) in [7, 11) is 0. The van der Waals surface area contributed by atoms with Crippen LogP contribution in [-0.4, -0.2) is 4.57 Å². The fraction of sp³-hybridized carbons (Fsp3) is 0.0968. The topological polar surface area (TPSA) is 4.93 Å². The molecule has 1 aliphatic rings. The van der Waals surface area contributed by atoms with E-state index in [4.69, 9.17) is 0 Å². The van der Waals surface area contributed by atoms with E-state index in [0.29, 0.717) is 0 Å². The van der Waals surface area contributed by atoms with Crippen LogP contribution >= 0.6 is 0 Å². The second-order valence-corrected chi connectivity index (χ2v) is 9.41. The highest BCUT2D eigenvalue weighted by molar-refractivity contribution is 6.14. The van der Waals surface area contributed by atoms with E-state index in [1.54, 1.807) is 0 Å². The highest BCUT2D eigenvalue weighted by Gasteiger charge is 2.39. The third-order valence-electron chi connectivity index (χ3n) is 7.35. The molecule has 0 spiro atoms. The first-order chi connectivity index (χ1) is 15.7. The van der Waals surface area contributed by atoms with Crippen LogP contribution in [0.2, 0.25) is 0 Å². The number of para-hydroxylation sites is 2. The van der Waals surface area contributed by atoms with Crippen molar-refractivity contribution in [2.45, 2.75) is 19.3 Å². The Kier molecular flexibility index (Phi) is 3.40. The lowest BCUT2D eigenvalue weighted by molar-refractivity contribution is 0.664. The van der Waals surface area contributed by atoms with Crippen LogP contribution in [0.15, 0.2) is 103 Å². The van der Waals surface area contributed by atoms with Gasteiger partial charge in [0.25, 0.3) is 0 Å². The minimum absolute atomic E-state index is 0.0882. The second kappa shape index (κ2) is 6.11. The van der Waals surface area contributed by atoms with Crippen LogP contribution in [0.5, 0.6) is 0 Å². The normalized spacial score (nSPS) is 14.2. The van der Waals surface area contributed by atoms with E-state index in [2.05, 4.69) is 122 Å². The van der Waals surface area contributed by atoms with Crippen LogP contribution < -0.4 is 0 Å². The molecule has 0 saturated carbocycles. The minimum atomic E-state index is -0.0882. The Balaban J connectivity index is 1.72. The summed E-state index contributed by atoms with van der Waals surface area (Å²) in [4.78, 5) is 0. The van der Waals surface area contributed by atoms with Gasteiger partial charge in [-0.1, -0.05) is 98.8 Å². The molecule has 0 amide bonds. The number of rotatable bonds is 1. The van der Waals surface area contributed by atoms with Gasteiger partial charge in [0, 0.05) is 21.9 Å². The van der Waals surface area contributed by atoms with Gasteiger partial charge >= 0.3 is 0 Å². The van der Waals surface area contributed by atoms with E-state index < -0.39 is 0 Å². The molecule has 5 aromatic carbocycles. The van der Waals surface area contributed by atoms with Crippen molar-refractivity contribution < 1.29 is 0 Å². The molecular weight excluding hydrogens is 386 g/mol. The van der Waals surface area contributed by atoms with Gasteiger partial charge in [0.1, 0.15) is 0 Å². The molecule has 0 aliphatic heterocycles. The molecule has 0 saturated heterocycles. The monoisotopic (exact) mass is 409 g/mol. The molecule has 0 N–H and O–H groups in total. The zero-order valence-electron chi connectivity index (χ0n) is 18.3. The smallest absolute Gasteiger partial charge is 0.0588 e. The molecule has 32 heavy (non-hydrogen) atoms. The van der Waals surface area contributed by atoms with Crippen LogP contribution in [0, 0.1) is 0 Å². The molecule has 1 aromatic heterocycles. The van der Waals surface area contributed by atoms with E-state index in [0.717, 1.165) is 0 Å². The number of hydrogen-bond donors (Lipinski definition) is 0. The Labute approximate surface area is 187 Å². The van der Waals surface area contributed by atoms with Crippen molar-refractivity contribution in [2.75, 3.05) is 0 Å². The highest BCUT2D eigenvalue weighted by atomic mass is 15.0. The van der Waals surface area contributed by atoms with Crippen molar-refractivity contribution in [3.05, 3.63) is 114 Å². The van der Waals surface area contributed by atoms with Gasteiger partial charge in [0.2, 0.25) is 0 Å². The first-order valence-electron chi connectivity index (χ1n) is 11.3. The lowest BCUT2D eigenvalue weighted by Gasteiger charge is -2.23. The summed E-state index contributed by atoms with van der Waals surface area (Å²) in [6, 6.07) is 37.7. The summed E-state index contributed by atoms with van der Waals surface area (Å²) in [5, 5.41) is 5.29. The summed E-state index contributed by atoms with van der Waals surface area (Å²) in [5.74, 6) is 0. The Bertz CT molecular complexity index is 1680. The minimum Gasteiger partial charge on any atom is -0.309 e. The van der Waals surface area contributed by atoms with E-state index in [9.17, 15) is 0 Å². The molecule has 1 heteroatoms. The van der Waals surface area contributed by atoms with Crippen LogP contribution in [0.3, 0.4) is 0 Å². The van der Waals surface area contributed by atoms with Crippen LogP contribution in [0.1, 0.15) is 25.0 Å². The van der Waals surface area contributed by atoms with Gasteiger partial charge in [-0.2, -0.15) is 0 Å². The van der Waals surface area contributed by atoms with E-state index in [1.807, 2.05) is 0 Å². The Hall–Kier alpha value is -3.84. The number of aromatic nitrogens is 1. The van der Waals surface area contributed by atoms with Gasteiger partial charge in [-0.3, -0.25) is 0 Å². The van der Waals surface area contributed by atoms with Crippen molar-refractivity contribution in [3.8, 4) is 16.8 Å². The van der Waals surface area contributed by atoms with Gasteiger partial charge in [0.15, 0.2) is 0 Å². The third kappa shape index (κ3) is 2.13.